The summed E-state index contributed by atoms with van der Waals surface area (Å²) >= 11 is 5.04. The van der Waals surface area contributed by atoms with Gasteiger partial charge in [-0.3, -0.25) is 9.78 Å². The van der Waals surface area contributed by atoms with Crippen molar-refractivity contribution in [1.82, 2.24) is 10.3 Å². The molecule has 3 rings (SSSR count). The Balaban J connectivity index is 1.69. The fourth-order valence-corrected chi connectivity index (χ4v) is 3.18. The third kappa shape index (κ3) is 3.61. The van der Waals surface area contributed by atoms with Gasteiger partial charge < -0.3 is 5.32 Å². The van der Waals surface area contributed by atoms with E-state index in [1.54, 1.807) is 29.7 Å². The molecule has 22 heavy (non-hydrogen) atoms. The summed E-state index contributed by atoms with van der Waals surface area (Å²) in [6, 6.07) is 13.5. The molecule has 0 aliphatic heterocycles. The Bertz CT molecular complexity index is 787. The highest BCUT2D eigenvalue weighted by molar-refractivity contribution is 9.10. The second-order valence-corrected chi connectivity index (χ2v) is 6.62. The highest BCUT2D eigenvalue weighted by atomic mass is 79.9. The summed E-state index contributed by atoms with van der Waals surface area (Å²) in [6.45, 7) is 0.456. The number of hydrogen-bond donors (Lipinski definition) is 1. The molecule has 2 heterocycles. The summed E-state index contributed by atoms with van der Waals surface area (Å²) in [5.41, 5.74) is 2.69. The molecule has 0 unspecified atom stereocenters. The molecule has 0 aliphatic carbocycles. The molecule has 0 spiro atoms. The van der Waals surface area contributed by atoms with Crippen LogP contribution < -0.4 is 5.32 Å². The maximum atomic E-state index is 12.1. The predicted octanol–water partition coefficient (Wildman–Crippen LogP) is 4.50. The molecule has 2 aromatic heterocycles. The quantitative estimate of drug-likeness (QED) is 0.732. The molecule has 0 fully saturated rings. The largest absolute Gasteiger partial charge is 0.348 e. The Morgan fingerprint density at radius 2 is 2.09 bits per heavy atom. The third-order valence-corrected chi connectivity index (χ3v) is 4.55. The second-order valence-electron chi connectivity index (χ2n) is 4.75. The molecule has 5 heteroatoms. The van der Waals surface area contributed by atoms with Crippen LogP contribution in [-0.4, -0.2) is 10.9 Å². The monoisotopic (exact) mass is 372 g/mol. The number of carbonyl (C=O) groups is 1. The third-order valence-electron chi connectivity index (χ3n) is 3.14. The first-order chi connectivity index (χ1) is 10.7. The van der Waals surface area contributed by atoms with Gasteiger partial charge in [-0.05, 0) is 41.3 Å². The molecule has 0 saturated carbocycles. The van der Waals surface area contributed by atoms with E-state index in [9.17, 15) is 4.79 Å². The molecule has 0 saturated heterocycles. The van der Waals surface area contributed by atoms with Crippen LogP contribution in [0.25, 0.3) is 10.4 Å². The van der Waals surface area contributed by atoms with Crippen LogP contribution in [-0.2, 0) is 6.54 Å². The molecule has 1 N–H and O–H groups in total. The second kappa shape index (κ2) is 6.85. The summed E-state index contributed by atoms with van der Waals surface area (Å²) in [5, 5.41) is 4.96. The van der Waals surface area contributed by atoms with Gasteiger partial charge in [0.1, 0.15) is 0 Å². The lowest BCUT2D eigenvalue weighted by atomic mass is 10.1. The van der Waals surface area contributed by atoms with Gasteiger partial charge in [-0.1, -0.05) is 28.1 Å². The number of benzene rings is 1. The van der Waals surface area contributed by atoms with Crippen molar-refractivity contribution in [2.75, 3.05) is 0 Å². The zero-order valence-electron chi connectivity index (χ0n) is 11.6. The maximum absolute atomic E-state index is 12.1. The maximum Gasteiger partial charge on any atom is 0.251 e. The zero-order chi connectivity index (χ0) is 15.4. The number of thiophene rings is 1. The molecule has 3 nitrogen and oxygen atoms in total. The SMILES string of the molecule is O=C(NCc1cncc(-c2cccs2)c1)c1cccc(Br)c1. The first-order valence-corrected chi connectivity index (χ1v) is 8.41. The normalized spacial score (nSPS) is 10.4. The number of rotatable bonds is 4. The Morgan fingerprint density at radius 1 is 1.18 bits per heavy atom. The van der Waals surface area contributed by atoms with E-state index in [1.165, 1.54) is 4.88 Å². The van der Waals surface area contributed by atoms with Gasteiger partial charge in [0.25, 0.3) is 5.91 Å². The smallest absolute Gasteiger partial charge is 0.251 e. The van der Waals surface area contributed by atoms with Gasteiger partial charge in [0.15, 0.2) is 0 Å². The number of nitrogens with zero attached hydrogens (tertiary/aromatic N) is 1. The van der Waals surface area contributed by atoms with E-state index in [2.05, 4.69) is 38.4 Å². The van der Waals surface area contributed by atoms with Crippen molar-refractivity contribution in [3.05, 3.63) is 75.8 Å². The number of hydrogen-bond acceptors (Lipinski definition) is 3. The number of aromatic nitrogens is 1. The molecule has 1 aromatic carbocycles. The van der Waals surface area contributed by atoms with Gasteiger partial charge >= 0.3 is 0 Å². The van der Waals surface area contributed by atoms with E-state index in [0.29, 0.717) is 12.1 Å². The summed E-state index contributed by atoms with van der Waals surface area (Å²) in [5.74, 6) is -0.0946. The Morgan fingerprint density at radius 3 is 2.86 bits per heavy atom. The van der Waals surface area contributed by atoms with E-state index in [0.717, 1.165) is 15.6 Å². The van der Waals surface area contributed by atoms with Crippen LogP contribution >= 0.6 is 27.3 Å². The van der Waals surface area contributed by atoms with Crippen molar-refractivity contribution in [3.63, 3.8) is 0 Å². The van der Waals surface area contributed by atoms with E-state index >= 15 is 0 Å². The van der Waals surface area contributed by atoms with Crippen LogP contribution in [0.1, 0.15) is 15.9 Å². The summed E-state index contributed by atoms with van der Waals surface area (Å²) in [7, 11) is 0. The number of amides is 1. The minimum Gasteiger partial charge on any atom is -0.348 e. The number of nitrogens with one attached hydrogen (secondary N) is 1. The van der Waals surface area contributed by atoms with E-state index in [-0.39, 0.29) is 5.91 Å². The van der Waals surface area contributed by atoms with Gasteiger partial charge in [-0.2, -0.15) is 0 Å². The fraction of sp³-hybridized carbons (Fsp3) is 0.0588. The highest BCUT2D eigenvalue weighted by Crippen LogP contribution is 2.24. The average Bonchev–Trinajstić information content (AvgIpc) is 3.07. The van der Waals surface area contributed by atoms with Crippen molar-refractivity contribution < 1.29 is 4.79 Å². The van der Waals surface area contributed by atoms with Crippen molar-refractivity contribution >= 4 is 33.2 Å². The van der Waals surface area contributed by atoms with E-state index in [1.807, 2.05) is 29.8 Å². The van der Waals surface area contributed by atoms with Gasteiger partial charge in [0.05, 0.1) is 0 Å². The minimum absolute atomic E-state index is 0.0946. The predicted molar refractivity (Wildman–Crippen MR) is 92.9 cm³/mol. The molecule has 0 radical (unpaired) electrons. The van der Waals surface area contributed by atoms with E-state index < -0.39 is 0 Å². The lowest BCUT2D eigenvalue weighted by Crippen LogP contribution is -2.22. The average molecular weight is 373 g/mol. The lowest BCUT2D eigenvalue weighted by Gasteiger charge is -2.07. The molecule has 0 aliphatic rings. The Labute approximate surface area is 141 Å². The number of halogens is 1. The first-order valence-electron chi connectivity index (χ1n) is 6.74. The van der Waals surface area contributed by atoms with Crippen molar-refractivity contribution in [2.45, 2.75) is 6.54 Å². The Hall–Kier alpha value is -1.98. The number of pyridine rings is 1. The van der Waals surface area contributed by atoms with Gasteiger partial charge in [0.2, 0.25) is 0 Å². The number of carbonyl (C=O) groups excluding carboxylic acids is 1. The van der Waals surface area contributed by atoms with Crippen LogP contribution in [0.15, 0.2) is 64.7 Å². The lowest BCUT2D eigenvalue weighted by molar-refractivity contribution is 0.0951. The van der Waals surface area contributed by atoms with Crippen LogP contribution in [0.3, 0.4) is 0 Å². The molecule has 0 atom stereocenters. The Kier molecular flexibility index (Phi) is 4.65. The van der Waals surface area contributed by atoms with Gasteiger partial charge in [-0.25, -0.2) is 0 Å². The highest BCUT2D eigenvalue weighted by Gasteiger charge is 2.06. The summed E-state index contributed by atoms with van der Waals surface area (Å²) in [6.07, 6.45) is 3.61. The fourth-order valence-electron chi connectivity index (χ4n) is 2.08. The van der Waals surface area contributed by atoms with Crippen molar-refractivity contribution in [2.24, 2.45) is 0 Å². The standard InChI is InChI=1S/C17H13BrN2OS/c18-15-4-1-3-13(8-15)17(21)20-10-12-7-14(11-19-9-12)16-5-2-6-22-16/h1-9,11H,10H2,(H,20,21). The molecular weight excluding hydrogens is 360 g/mol. The summed E-state index contributed by atoms with van der Waals surface area (Å²) < 4.78 is 0.890. The molecule has 3 aromatic rings. The first kappa shape index (κ1) is 14.9. The zero-order valence-corrected chi connectivity index (χ0v) is 14.0. The minimum atomic E-state index is -0.0946. The topological polar surface area (TPSA) is 42.0 Å². The van der Waals surface area contributed by atoms with Crippen LogP contribution in [0, 0.1) is 0 Å². The van der Waals surface area contributed by atoms with Crippen LogP contribution in [0.2, 0.25) is 0 Å². The van der Waals surface area contributed by atoms with E-state index in [4.69, 9.17) is 0 Å². The summed E-state index contributed by atoms with van der Waals surface area (Å²) in [4.78, 5) is 17.6. The van der Waals surface area contributed by atoms with Gasteiger partial charge in [0, 0.05) is 39.4 Å². The van der Waals surface area contributed by atoms with Gasteiger partial charge in [-0.15, -0.1) is 11.3 Å². The molecule has 110 valence electrons. The molecule has 0 bridgehead atoms. The molecular formula is C17H13BrN2OS. The van der Waals surface area contributed by atoms with Crippen molar-refractivity contribution in [1.29, 1.82) is 0 Å². The molecule has 1 amide bonds. The van der Waals surface area contributed by atoms with Crippen molar-refractivity contribution in [3.8, 4) is 10.4 Å². The van der Waals surface area contributed by atoms with Crippen LogP contribution in [0.5, 0.6) is 0 Å². The van der Waals surface area contributed by atoms with Crippen LogP contribution in [0.4, 0.5) is 0 Å².